The van der Waals surface area contributed by atoms with Crippen molar-refractivity contribution in [2.75, 3.05) is 20.7 Å². The molecule has 0 atom stereocenters. The zero-order valence-electron chi connectivity index (χ0n) is 15.4. The fourth-order valence-electron chi connectivity index (χ4n) is 2.44. The number of hydrogen-bond donors (Lipinski definition) is 0. The summed E-state index contributed by atoms with van der Waals surface area (Å²) in [5, 5.41) is 0. The van der Waals surface area contributed by atoms with Crippen LogP contribution >= 0.6 is 0 Å². The first-order valence-corrected chi connectivity index (χ1v) is 8.32. The molecule has 0 saturated carbocycles. The molecule has 0 heterocycles. The quantitative estimate of drug-likeness (QED) is 0.518. The van der Waals surface area contributed by atoms with Gasteiger partial charge in [0.05, 0.1) is 24.7 Å². The fourth-order valence-corrected chi connectivity index (χ4v) is 2.44. The number of ether oxygens (including phenoxy) is 1. The van der Waals surface area contributed by atoms with Crippen molar-refractivity contribution >= 4 is 12.0 Å². The Kier molecular flexibility index (Phi) is 6.29. The highest BCUT2D eigenvalue weighted by molar-refractivity contribution is 5.65. The van der Waals surface area contributed by atoms with E-state index in [2.05, 4.69) is 4.99 Å². The van der Waals surface area contributed by atoms with Crippen LogP contribution in [0.2, 0.25) is 0 Å². The van der Waals surface area contributed by atoms with Crippen molar-refractivity contribution in [1.29, 1.82) is 0 Å². The van der Waals surface area contributed by atoms with E-state index in [0.717, 1.165) is 41.1 Å². The molecule has 0 unspecified atom stereocenters. The van der Waals surface area contributed by atoms with Crippen LogP contribution in [0.1, 0.15) is 29.2 Å². The molecule has 2 aromatic carbocycles. The topological polar surface area (TPSA) is 24.8 Å². The largest absolute Gasteiger partial charge is 0.497 e. The van der Waals surface area contributed by atoms with Gasteiger partial charge in [-0.3, -0.25) is 0 Å². The number of aliphatic imine (C=N–C) groups is 1. The Hall–Kier alpha value is -2.50. The molecule has 0 aliphatic rings. The number of hydrogen-bond acceptors (Lipinski definition) is 2. The van der Waals surface area contributed by atoms with Crippen molar-refractivity contribution < 1.29 is 17.9 Å². The first-order valence-electron chi connectivity index (χ1n) is 8.32. The monoisotopic (exact) mass is 364 g/mol. The van der Waals surface area contributed by atoms with E-state index in [4.69, 9.17) is 4.74 Å². The van der Waals surface area contributed by atoms with Crippen molar-refractivity contribution in [2.45, 2.75) is 26.4 Å². The average molecular weight is 364 g/mol. The summed E-state index contributed by atoms with van der Waals surface area (Å²) in [6.07, 6.45) is -2.06. The maximum Gasteiger partial charge on any atom is 0.416 e. The van der Waals surface area contributed by atoms with Crippen molar-refractivity contribution in [3.8, 4) is 5.75 Å². The molecule has 140 valence electrons. The highest BCUT2D eigenvalue weighted by Crippen LogP contribution is 2.32. The SMILES string of the molecule is CCN(C)/C=N/c1cc(OC)cc(Cc2ccc(C(F)(F)F)cc2)c1C. The molecule has 0 N–H and O–H groups in total. The molecule has 0 fully saturated rings. The lowest BCUT2D eigenvalue weighted by atomic mass is 9.98. The summed E-state index contributed by atoms with van der Waals surface area (Å²) >= 11 is 0. The molecular weight excluding hydrogens is 341 g/mol. The van der Waals surface area contributed by atoms with Crippen molar-refractivity contribution in [3.05, 3.63) is 58.7 Å². The standard InChI is InChI=1S/C20H23F3N2O/c1-5-25(3)13-24-19-12-18(26-4)11-16(14(19)2)10-15-6-8-17(9-7-15)20(21,22)23/h6-9,11-13H,5,10H2,1-4H3/b24-13+. The van der Waals surface area contributed by atoms with Gasteiger partial charge in [0.25, 0.3) is 0 Å². The Morgan fingerprint density at radius 3 is 2.35 bits per heavy atom. The van der Waals surface area contributed by atoms with Crippen LogP contribution in [-0.4, -0.2) is 31.9 Å². The summed E-state index contributed by atoms with van der Waals surface area (Å²) in [5.41, 5.74) is 2.89. The molecule has 2 aromatic rings. The van der Waals surface area contributed by atoms with Gasteiger partial charge in [-0.1, -0.05) is 12.1 Å². The van der Waals surface area contributed by atoms with Crippen LogP contribution in [0, 0.1) is 6.92 Å². The van der Waals surface area contributed by atoms with Crippen LogP contribution in [0.4, 0.5) is 18.9 Å². The molecule has 0 amide bonds. The van der Waals surface area contributed by atoms with Gasteiger partial charge in [0.2, 0.25) is 0 Å². The lowest BCUT2D eigenvalue weighted by molar-refractivity contribution is -0.137. The summed E-state index contributed by atoms with van der Waals surface area (Å²) in [7, 11) is 3.51. The van der Waals surface area contributed by atoms with E-state index in [-0.39, 0.29) is 0 Å². The minimum absolute atomic E-state index is 0.507. The molecule has 2 rings (SSSR count). The van der Waals surface area contributed by atoms with E-state index in [1.54, 1.807) is 13.4 Å². The molecule has 26 heavy (non-hydrogen) atoms. The Morgan fingerprint density at radius 2 is 1.81 bits per heavy atom. The smallest absolute Gasteiger partial charge is 0.416 e. The first kappa shape index (κ1) is 19.8. The summed E-state index contributed by atoms with van der Waals surface area (Å²) in [6.45, 7) is 4.82. The Labute approximate surface area is 152 Å². The molecule has 0 radical (unpaired) electrons. The molecule has 0 bridgehead atoms. The molecule has 0 aromatic heterocycles. The maximum atomic E-state index is 12.7. The summed E-state index contributed by atoms with van der Waals surface area (Å²) in [5.74, 6) is 0.670. The molecular formula is C20H23F3N2O. The van der Waals surface area contributed by atoms with Gasteiger partial charge in [0.1, 0.15) is 5.75 Å². The number of alkyl halides is 3. The van der Waals surface area contributed by atoms with Gasteiger partial charge < -0.3 is 9.64 Å². The third kappa shape index (κ3) is 5.00. The Bertz CT molecular complexity index is 768. The molecule has 0 saturated heterocycles. The minimum atomic E-state index is -4.32. The minimum Gasteiger partial charge on any atom is -0.497 e. The van der Waals surface area contributed by atoms with Crippen LogP contribution in [0.25, 0.3) is 0 Å². The van der Waals surface area contributed by atoms with Crippen LogP contribution in [0.15, 0.2) is 41.4 Å². The van der Waals surface area contributed by atoms with Crippen LogP contribution in [-0.2, 0) is 12.6 Å². The third-order valence-corrected chi connectivity index (χ3v) is 4.27. The van der Waals surface area contributed by atoms with Gasteiger partial charge in [0, 0.05) is 19.7 Å². The van der Waals surface area contributed by atoms with E-state index >= 15 is 0 Å². The second-order valence-electron chi connectivity index (χ2n) is 6.12. The average Bonchev–Trinajstić information content (AvgIpc) is 2.61. The number of benzene rings is 2. The predicted octanol–water partition coefficient (Wildman–Crippen LogP) is 5.22. The van der Waals surface area contributed by atoms with Crippen molar-refractivity contribution in [3.63, 3.8) is 0 Å². The van der Waals surface area contributed by atoms with E-state index in [0.29, 0.717) is 12.2 Å². The van der Waals surface area contributed by atoms with Gasteiger partial charge in [-0.25, -0.2) is 4.99 Å². The Morgan fingerprint density at radius 1 is 1.15 bits per heavy atom. The number of rotatable bonds is 6. The maximum absolute atomic E-state index is 12.7. The number of nitrogens with zero attached hydrogens (tertiary/aromatic N) is 2. The lowest BCUT2D eigenvalue weighted by Gasteiger charge is -2.14. The molecule has 0 spiro atoms. The third-order valence-electron chi connectivity index (χ3n) is 4.27. The Balaban J connectivity index is 2.32. The molecule has 0 aliphatic carbocycles. The second-order valence-corrected chi connectivity index (χ2v) is 6.12. The van der Waals surface area contributed by atoms with Gasteiger partial charge in [-0.15, -0.1) is 0 Å². The molecule has 0 aliphatic heterocycles. The summed E-state index contributed by atoms with van der Waals surface area (Å²) in [4.78, 5) is 6.46. The van der Waals surface area contributed by atoms with Gasteiger partial charge in [0.15, 0.2) is 0 Å². The van der Waals surface area contributed by atoms with Gasteiger partial charge in [-0.05, 0) is 55.2 Å². The number of methoxy groups -OCH3 is 1. The number of halogens is 3. The van der Waals surface area contributed by atoms with Crippen LogP contribution in [0.3, 0.4) is 0 Å². The van der Waals surface area contributed by atoms with Gasteiger partial charge in [-0.2, -0.15) is 13.2 Å². The van der Waals surface area contributed by atoms with E-state index in [1.807, 2.05) is 37.9 Å². The zero-order valence-corrected chi connectivity index (χ0v) is 15.4. The van der Waals surface area contributed by atoms with Crippen LogP contribution < -0.4 is 4.74 Å². The summed E-state index contributed by atoms with van der Waals surface area (Å²) < 4.78 is 43.5. The van der Waals surface area contributed by atoms with Gasteiger partial charge >= 0.3 is 6.18 Å². The second kappa shape index (κ2) is 8.25. The van der Waals surface area contributed by atoms with E-state index in [9.17, 15) is 13.2 Å². The van der Waals surface area contributed by atoms with Crippen molar-refractivity contribution in [2.24, 2.45) is 4.99 Å². The molecule has 3 nitrogen and oxygen atoms in total. The zero-order chi connectivity index (χ0) is 19.3. The van der Waals surface area contributed by atoms with E-state index in [1.165, 1.54) is 12.1 Å². The van der Waals surface area contributed by atoms with E-state index < -0.39 is 11.7 Å². The van der Waals surface area contributed by atoms with Crippen LogP contribution in [0.5, 0.6) is 5.75 Å². The molecule has 6 heteroatoms. The lowest BCUT2D eigenvalue weighted by Crippen LogP contribution is -2.14. The van der Waals surface area contributed by atoms with Crippen molar-refractivity contribution in [1.82, 2.24) is 4.90 Å². The normalized spacial score (nSPS) is 11.8. The summed E-state index contributed by atoms with van der Waals surface area (Å²) in [6, 6.07) is 8.99. The highest BCUT2D eigenvalue weighted by Gasteiger charge is 2.29. The first-order chi connectivity index (χ1) is 12.2. The highest BCUT2D eigenvalue weighted by atomic mass is 19.4. The predicted molar refractivity (Wildman–Crippen MR) is 98.4 cm³/mol. The fraction of sp³-hybridized carbons (Fsp3) is 0.350.